The number of aliphatic hydroxyl groups is 1. The molecule has 1 saturated heterocycles. The van der Waals surface area contributed by atoms with Crippen LogP contribution in [0.15, 0.2) is 72.6 Å². The van der Waals surface area contributed by atoms with E-state index in [0.29, 0.717) is 11.1 Å². The van der Waals surface area contributed by atoms with Crippen LogP contribution in [0.25, 0.3) is 5.76 Å². The molecule has 1 atom stereocenters. The van der Waals surface area contributed by atoms with Crippen molar-refractivity contribution in [3.05, 3.63) is 101 Å². The number of hydrogen-bond acceptors (Lipinski definition) is 4. The highest BCUT2D eigenvalue weighted by molar-refractivity contribution is 6.51. The van der Waals surface area contributed by atoms with Gasteiger partial charge in [0.25, 0.3) is 11.7 Å². The topological polar surface area (TPSA) is 70.5 Å². The van der Waals surface area contributed by atoms with E-state index >= 15 is 0 Å². The van der Waals surface area contributed by atoms with E-state index in [1.165, 1.54) is 29.3 Å². The number of carbonyl (C=O) groups is 2. The first-order chi connectivity index (χ1) is 14.4. The van der Waals surface area contributed by atoms with Crippen LogP contribution in [0.1, 0.15) is 28.3 Å². The van der Waals surface area contributed by atoms with Gasteiger partial charge in [0, 0.05) is 23.6 Å². The maximum atomic E-state index is 13.9. The molecule has 2 heterocycles. The number of ketones is 1. The predicted octanol–water partition coefficient (Wildman–Crippen LogP) is 4.46. The molecule has 150 valence electrons. The molecule has 0 radical (unpaired) electrons. The molecule has 1 amide bonds. The fourth-order valence-corrected chi connectivity index (χ4v) is 3.62. The van der Waals surface area contributed by atoms with Crippen molar-refractivity contribution in [2.24, 2.45) is 0 Å². The number of rotatable bonds is 3. The minimum Gasteiger partial charge on any atom is -0.507 e. The minimum absolute atomic E-state index is 0.0551. The Morgan fingerprint density at radius 3 is 2.50 bits per heavy atom. The zero-order chi connectivity index (χ0) is 21.4. The summed E-state index contributed by atoms with van der Waals surface area (Å²) in [4.78, 5) is 31.3. The zero-order valence-corrected chi connectivity index (χ0v) is 16.5. The summed E-state index contributed by atoms with van der Waals surface area (Å²) in [6, 6.07) is 13.2. The van der Waals surface area contributed by atoms with Crippen molar-refractivity contribution in [2.45, 2.75) is 19.9 Å². The summed E-state index contributed by atoms with van der Waals surface area (Å²) in [5, 5.41) is 11.1. The summed E-state index contributed by atoms with van der Waals surface area (Å²) < 4.78 is 13.9. The molecule has 6 heteroatoms. The smallest absolute Gasteiger partial charge is 0.300 e. The maximum absolute atomic E-state index is 13.9. The SMILES string of the molecule is Cc1ccc(/C(O)=C2\C(=O)C(=O)N(c3cccc(F)c3)C2c2cccnc2)cc1C. The monoisotopic (exact) mass is 402 g/mol. The highest BCUT2D eigenvalue weighted by Crippen LogP contribution is 2.42. The molecular formula is C24H19FN2O3. The lowest BCUT2D eigenvalue weighted by Gasteiger charge is -2.25. The summed E-state index contributed by atoms with van der Waals surface area (Å²) in [6.45, 7) is 3.84. The maximum Gasteiger partial charge on any atom is 0.300 e. The van der Waals surface area contributed by atoms with Crippen LogP contribution in [0.3, 0.4) is 0 Å². The van der Waals surface area contributed by atoms with Gasteiger partial charge in [-0.2, -0.15) is 0 Å². The van der Waals surface area contributed by atoms with Crippen LogP contribution in [0.4, 0.5) is 10.1 Å². The van der Waals surface area contributed by atoms with E-state index in [-0.39, 0.29) is 17.0 Å². The first-order valence-corrected chi connectivity index (χ1v) is 9.42. The Labute approximate surface area is 173 Å². The third-order valence-electron chi connectivity index (χ3n) is 5.31. The number of nitrogens with zero attached hydrogens (tertiary/aromatic N) is 2. The number of carbonyl (C=O) groups excluding carboxylic acids is 2. The van der Waals surface area contributed by atoms with Gasteiger partial charge in [-0.25, -0.2) is 4.39 Å². The third-order valence-corrected chi connectivity index (χ3v) is 5.31. The van der Waals surface area contributed by atoms with E-state index in [1.54, 1.807) is 36.5 Å². The Morgan fingerprint density at radius 2 is 1.83 bits per heavy atom. The first-order valence-electron chi connectivity index (χ1n) is 9.42. The molecule has 1 aliphatic heterocycles. The van der Waals surface area contributed by atoms with Crippen molar-refractivity contribution in [3.63, 3.8) is 0 Å². The van der Waals surface area contributed by atoms with Gasteiger partial charge in [-0.15, -0.1) is 0 Å². The van der Waals surface area contributed by atoms with Crippen molar-refractivity contribution >= 4 is 23.1 Å². The number of aromatic nitrogens is 1. The number of anilines is 1. The highest BCUT2D eigenvalue weighted by Gasteiger charge is 2.47. The van der Waals surface area contributed by atoms with Gasteiger partial charge < -0.3 is 5.11 Å². The lowest BCUT2D eigenvalue weighted by Crippen LogP contribution is -2.29. The van der Waals surface area contributed by atoms with Gasteiger partial charge in [-0.1, -0.05) is 24.3 Å². The lowest BCUT2D eigenvalue weighted by molar-refractivity contribution is -0.132. The van der Waals surface area contributed by atoms with E-state index in [1.807, 2.05) is 19.9 Å². The van der Waals surface area contributed by atoms with Crippen molar-refractivity contribution < 1.29 is 19.1 Å². The van der Waals surface area contributed by atoms with Crippen LogP contribution in [0.2, 0.25) is 0 Å². The number of halogens is 1. The molecule has 1 fully saturated rings. The van der Waals surface area contributed by atoms with Crippen molar-refractivity contribution in [1.29, 1.82) is 0 Å². The summed E-state index contributed by atoms with van der Waals surface area (Å²) in [7, 11) is 0. The molecule has 30 heavy (non-hydrogen) atoms. The normalized spacial score (nSPS) is 18.1. The number of aryl methyl sites for hydroxylation is 2. The Hall–Kier alpha value is -3.80. The van der Waals surface area contributed by atoms with Gasteiger partial charge >= 0.3 is 0 Å². The Balaban J connectivity index is 1.95. The number of pyridine rings is 1. The molecule has 0 bridgehead atoms. The van der Waals surface area contributed by atoms with Gasteiger partial charge in [0.15, 0.2) is 0 Å². The molecule has 5 nitrogen and oxygen atoms in total. The average molecular weight is 402 g/mol. The van der Waals surface area contributed by atoms with Gasteiger partial charge in [0.05, 0.1) is 11.6 Å². The molecule has 2 aromatic carbocycles. The van der Waals surface area contributed by atoms with Crippen LogP contribution in [0, 0.1) is 19.7 Å². The van der Waals surface area contributed by atoms with Crippen LogP contribution in [-0.2, 0) is 9.59 Å². The van der Waals surface area contributed by atoms with Crippen LogP contribution < -0.4 is 4.90 Å². The quantitative estimate of drug-likeness (QED) is 0.399. The fraction of sp³-hybridized carbons (Fsp3) is 0.125. The summed E-state index contributed by atoms with van der Waals surface area (Å²) >= 11 is 0. The van der Waals surface area contributed by atoms with Gasteiger partial charge in [0.2, 0.25) is 0 Å². The molecule has 4 rings (SSSR count). The Bertz CT molecular complexity index is 1190. The number of amides is 1. The standard InChI is InChI=1S/C24H19FN2O3/c1-14-8-9-16(11-15(14)2)22(28)20-21(17-5-4-10-26-13-17)27(24(30)23(20)29)19-7-3-6-18(25)12-19/h3-13,21,28H,1-2H3/b22-20+. The zero-order valence-electron chi connectivity index (χ0n) is 16.5. The van der Waals surface area contributed by atoms with E-state index in [0.717, 1.165) is 11.1 Å². The molecule has 1 aromatic heterocycles. The van der Waals surface area contributed by atoms with Crippen molar-refractivity contribution in [2.75, 3.05) is 4.90 Å². The molecule has 3 aromatic rings. The Morgan fingerprint density at radius 1 is 1.03 bits per heavy atom. The molecule has 0 spiro atoms. The number of Topliss-reactive ketones (excluding diaryl/α,β-unsaturated/α-hetero) is 1. The van der Waals surface area contributed by atoms with E-state index in [9.17, 15) is 19.1 Å². The third kappa shape index (κ3) is 3.26. The van der Waals surface area contributed by atoms with Gasteiger partial charge in [0.1, 0.15) is 11.6 Å². The molecule has 1 unspecified atom stereocenters. The molecule has 0 saturated carbocycles. The number of aliphatic hydroxyl groups excluding tert-OH is 1. The van der Waals surface area contributed by atoms with E-state index in [2.05, 4.69) is 4.98 Å². The van der Waals surface area contributed by atoms with Crippen LogP contribution in [0.5, 0.6) is 0 Å². The highest BCUT2D eigenvalue weighted by atomic mass is 19.1. The molecule has 0 aliphatic carbocycles. The lowest BCUT2D eigenvalue weighted by atomic mass is 9.95. The van der Waals surface area contributed by atoms with Gasteiger partial charge in [-0.05, 0) is 60.9 Å². The second-order valence-corrected chi connectivity index (χ2v) is 7.23. The fourth-order valence-electron chi connectivity index (χ4n) is 3.62. The van der Waals surface area contributed by atoms with E-state index in [4.69, 9.17) is 0 Å². The second kappa shape index (κ2) is 7.55. The van der Waals surface area contributed by atoms with Crippen molar-refractivity contribution in [3.8, 4) is 0 Å². The molecule has 1 N–H and O–H groups in total. The first kappa shape index (κ1) is 19.5. The predicted molar refractivity (Wildman–Crippen MR) is 111 cm³/mol. The van der Waals surface area contributed by atoms with Crippen molar-refractivity contribution in [1.82, 2.24) is 4.98 Å². The number of benzene rings is 2. The summed E-state index contributed by atoms with van der Waals surface area (Å²) in [5.41, 5.74) is 3.12. The summed E-state index contributed by atoms with van der Waals surface area (Å²) in [6.07, 6.45) is 3.09. The number of hydrogen-bond donors (Lipinski definition) is 1. The van der Waals surface area contributed by atoms with E-state index < -0.39 is 23.5 Å². The Kier molecular flexibility index (Phi) is 4.91. The minimum atomic E-state index is -0.929. The largest absolute Gasteiger partial charge is 0.507 e. The molecule has 1 aliphatic rings. The average Bonchev–Trinajstić information content (AvgIpc) is 3.01. The molecular weight excluding hydrogens is 383 g/mol. The van der Waals surface area contributed by atoms with Crippen LogP contribution >= 0.6 is 0 Å². The second-order valence-electron chi connectivity index (χ2n) is 7.23. The van der Waals surface area contributed by atoms with Gasteiger partial charge in [-0.3, -0.25) is 19.5 Å². The summed E-state index contributed by atoms with van der Waals surface area (Å²) in [5.74, 6) is -2.47. The van der Waals surface area contributed by atoms with Crippen LogP contribution in [-0.4, -0.2) is 21.8 Å².